The van der Waals surface area contributed by atoms with Gasteiger partial charge in [-0.15, -0.1) is 0 Å². The van der Waals surface area contributed by atoms with Crippen LogP contribution in [0, 0.1) is 5.82 Å². The van der Waals surface area contributed by atoms with Gasteiger partial charge >= 0.3 is 6.61 Å². The number of aliphatic imine (C=N–C) groups is 1. The number of nitrogens with two attached hydrogens (primary N) is 1. The zero-order chi connectivity index (χ0) is 21.9. The molecule has 0 radical (unpaired) electrons. The molecule has 0 saturated carbocycles. The first-order valence-electron chi connectivity index (χ1n) is 9.01. The highest BCUT2D eigenvalue weighted by Crippen LogP contribution is 2.40. The first kappa shape index (κ1) is 21.4. The number of ether oxygens (including phenoxy) is 1. The minimum Gasteiger partial charge on any atom is -0.435 e. The van der Waals surface area contributed by atoms with E-state index in [2.05, 4.69) is 9.73 Å². The van der Waals surface area contributed by atoms with Crippen LogP contribution in [0.1, 0.15) is 23.1 Å². The highest BCUT2D eigenvalue weighted by molar-refractivity contribution is 6.09. The van der Waals surface area contributed by atoms with Crippen LogP contribution in [0.25, 0.3) is 6.08 Å². The van der Waals surface area contributed by atoms with E-state index in [-0.39, 0.29) is 23.7 Å². The standard InChI is InChI=1S/C21H19F4N3O2/c1-28-18(29)21(27-20(28)26,14-5-8-16(9-6-14)30-19(24)25)15-7-10-17(23)13(12-15)4-2-3-11-22/h2,4-10,12,19H,3,11H2,1H3,(H2,26,27)/b4-2+/t21-/m1/s1. The number of guanidine groups is 1. The minimum atomic E-state index is -2.99. The fraction of sp³-hybridized carbons (Fsp3) is 0.238. The van der Waals surface area contributed by atoms with Crippen LogP contribution < -0.4 is 10.5 Å². The van der Waals surface area contributed by atoms with E-state index in [1.165, 1.54) is 61.7 Å². The third-order valence-corrected chi connectivity index (χ3v) is 4.72. The van der Waals surface area contributed by atoms with Crippen molar-refractivity contribution in [2.45, 2.75) is 18.6 Å². The van der Waals surface area contributed by atoms with Crippen molar-refractivity contribution in [1.29, 1.82) is 0 Å². The summed E-state index contributed by atoms with van der Waals surface area (Å²) in [5.41, 5.74) is 5.07. The Morgan fingerprint density at radius 3 is 2.43 bits per heavy atom. The Morgan fingerprint density at radius 2 is 1.87 bits per heavy atom. The summed E-state index contributed by atoms with van der Waals surface area (Å²) in [4.78, 5) is 18.7. The van der Waals surface area contributed by atoms with Crippen molar-refractivity contribution in [3.05, 3.63) is 71.0 Å². The maximum Gasteiger partial charge on any atom is 0.387 e. The molecule has 1 heterocycles. The molecule has 1 aliphatic rings. The van der Waals surface area contributed by atoms with Gasteiger partial charge in [-0.3, -0.25) is 14.1 Å². The number of hydrogen-bond donors (Lipinski definition) is 1. The molecule has 30 heavy (non-hydrogen) atoms. The summed E-state index contributed by atoms with van der Waals surface area (Å²) in [6.45, 7) is -3.58. The zero-order valence-electron chi connectivity index (χ0n) is 16.0. The lowest BCUT2D eigenvalue weighted by atomic mass is 9.82. The number of rotatable bonds is 7. The average Bonchev–Trinajstić information content (AvgIpc) is 2.94. The summed E-state index contributed by atoms with van der Waals surface area (Å²) >= 11 is 0. The Hall–Kier alpha value is -3.36. The van der Waals surface area contributed by atoms with Gasteiger partial charge in [0.1, 0.15) is 11.6 Å². The summed E-state index contributed by atoms with van der Waals surface area (Å²) in [6.07, 6.45) is 3.01. The molecule has 2 aromatic carbocycles. The Labute approximate surface area is 170 Å². The second kappa shape index (κ2) is 8.56. The normalized spacial score (nSPS) is 19.1. The van der Waals surface area contributed by atoms with E-state index in [0.717, 1.165) is 4.90 Å². The molecule has 0 aliphatic carbocycles. The second-order valence-electron chi connectivity index (χ2n) is 6.56. The molecule has 1 aliphatic heterocycles. The van der Waals surface area contributed by atoms with Crippen LogP contribution in [0.3, 0.4) is 0 Å². The van der Waals surface area contributed by atoms with E-state index in [9.17, 15) is 22.4 Å². The van der Waals surface area contributed by atoms with Crippen molar-refractivity contribution in [3.63, 3.8) is 0 Å². The summed E-state index contributed by atoms with van der Waals surface area (Å²) in [5.74, 6) is -1.19. The van der Waals surface area contributed by atoms with Crippen LogP contribution in [0.15, 0.2) is 53.5 Å². The Morgan fingerprint density at radius 1 is 1.20 bits per heavy atom. The third-order valence-electron chi connectivity index (χ3n) is 4.72. The predicted octanol–water partition coefficient (Wildman–Crippen LogP) is 3.83. The first-order valence-corrected chi connectivity index (χ1v) is 9.01. The number of halogens is 4. The number of allylic oxidation sites excluding steroid dienone is 1. The van der Waals surface area contributed by atoms with Crippen LogP contribution in [0.5, 0.6) is 5.75 Å². The molecule has 5 nitrogen and oxygen atoms in total. The smallest absolute Gasteiger partial charge is 0.387 e. The minimum absolute atomic E-state index is 0.0493. The fourth-order valence-electron chi connectivity index (χ4n) is 3.23. The van der Waals surface area contributed by atoms with Gasteiger partial charge in [-0.2, -0.15) is 8.78 Å². The number of benzene rings is 2. The van der Waals surface area contributed by atoms with Crippen molar-refractivity contribution < 1.29 is 27.1 Å². The van der Waals surface area contributed by atoms with Crippen LogP contribution in [-0.4, -0.2) is 37.1 Å². The van der Waals surface area contributed by atoms with Crippen LogP contribution >= 0.6 is 0 Å². The summed E-state index contributed by atoms with van der Waals surface area (Å²) in [7, 11) is 1.45. The maximum absolute atomic E-state index is 14.2. The van der Waals surface area contributed by atoms with Gasteiger partial charge in [0.25, 0.3) is 5.91 Å². The molecule has 1 amide bonds. The molecular weight excluding hydrogens is 402 g/mol. The summed E-state index contributed by atoms with van der Waals surface area (Å²) in [6, 6.07) is 9.43. The van der Waals surface area contributed by atoms with E-state index in [1.807, 2.05) is 0 Å². The SMILES string of the molecule is CN1C(=O)[C@@](c2ccc(OC(F)F)cc2)(c2ccc(F)c(/C=C/CCF)c2)N=C1N. The number of hydrogen-bond acceptors (Lipinski definition) is 4. The molecule has 3 rings (SSSR count). The molecule has 1 atom stereocenters. The lowest BCUT2D eigenvalue weighted by molar-refractivity contribution is -0.129. The quantitative estimate of drug-likeness (QED) is 0.691. The van der Waals surface area contributed by atoms with Gasteiger partial charge in [-0.25, -0.2) is 9.38 Å². The van der Waals surface area contributed by atoms with Crippen LogP contribution in [0.4, 0.5) is 17.6 Å². The second-order valence-corrected chi connectivity index (χ2v) is 6.56. The van der Waals surface area contributed by atoms with E-state index in [0.29, 0.717) is 11.1 Å². The lowest BCUT2D eigenvalue weighted by Crippen LogP contribution is -2.41. The van der Waals surface area contributed by atoms with Gasteiger partial charge in [0.15, 0.2) is 11.5 Å². The highest BCUT2D eigenvalue weighted by Gasteiger charge is 2.49. The number of carbonyl (C=O) groups is 1. The number of alkyl halides is 3. The Balaban J connectivity index is 2.14. The van der Waals surface area contributed by atoms with Crippen LogP contribution in [0.2, 0.25) is 0 Å². The number of carbonyl (C=O) groups excluding carboxylic acids is 1. The Kier molecular flexibility index (Phi) is 6.09. The molecule has 0 spiro atoms. The van der Waals surface area contributed by atoms with E-state index < -0.39 is 30.5 Å². The fourth-order valence-corrected chi connectivity index (χ4v) is 3.23. The number of nitrogens with zero attached hydrogens (tertiary/aromatic N) is 2. The molecule has 0 fully saturated rings. The van der Waals surface area contributed by atoms with Crippen molar-refractivity contribution in [3.8, 4) is 5.75 Å². The van der Waals surface area contributed by atoms with Crippen molar-refractivity contribution in [2.75, 3.05) is 13.7 Å². The van der Waals surface area contributed by atoms with Gasteiger partial charge in [-0.05, 0) is 41.8 Å². The Bertz CT molecular complexity index is 992. The van der Waals surface area contributed by atoms with Crippen LogP contribution in [-0.2, 0) is 10.3 Å². The van der Waals surface area contributed by atoms with Gasteiger partial charge in [0, 0.05) is 12.6 Å². The summed E-state index contributed by atoms with van der Waals surface area (Å²) in [5, 5.41) is 0. The predicted molar refractivity (Wildman–Crippen MR) is 104 cm³/mol. The molecule has 0 unspecified atom stereocenters. The number of likely N-dealkylation sites (N-methyl/N-ethyl adjacent to an activating group) is 1. The molecule has 0 saturated heterocycles. The van der Waals surface area contributed by atoms with E-state index in [1.54, 1.807) is 0 Å². The molecule has 0 bridgehead atoms. The van der Waals surface area contributed by atoms with Gasteiger partial charge in [0.2, 0.25) is 0 Å². The zero-order valence-corrected chi connectivity index (χ0v) is 16.0. The third kappa shape index (κ3) is 3.87. The molecule has 158 valence electrons. The van der Waals surface area contributed by atoms with Crippen molar-refractivity contribution in [2.24, 2.45) is 10.7 Å². The van der Waals surface area contributed by atoms with E-state index >= 15 is 0 Å². The van der Waals surface area contributed by atoms with Crippen molar-refractivity contribution in [1.82, 2.24) is 4.90 Å². The number of amides is 1. The summed E-state index contributed by atoms with van der Waals surface area (Å²) < 4.78 is 55.9. The maximum atomic E-state index is 14.2. The van der Waals surface area contributed by atoms with Crippen molar-refractivity contribution >= 4 is 17.9 Å². The molecule has 2 N–H and O–H groups in total. The molecule has 9 heteroatoms. The molecular formula is C21H19F4N3O2. The van der Waals surface area contributed by atoms with Gasteiger partial charge in [0.05, 0.1) is 6.67 Å². The average molecular weight is 421 g/mol. The molecule has 2 aromatic rings. The first-order chi connectivity index (χ1) is 14.3. The monoisotopic (exact) mass is 421 g/mol. The van der Waals surface area contributed by atoms with E-state index in [4.69, 9.17) is 5.73 Å². The highest BCUT2D eigenvalue weighted by atomic mass is 19.3. The largest absolute Gasteiger partial charge is 0.435 e. The molecule has 0 aromatic heterocycles. The lowest BCUT2D eigenvalue weighted by Gasteiger charge is -2.26. The topological polar surface area (TPSA) is 67.9 Å². The van der Waals surface area contributed by atoms with Gasteiger partial charge < -0.3 is 10.5 Å². The van der Waals surface area contributed by atoms with Gasteiger partial charge in [-0.1, -0.05) is 30.4 Å².